The van der Waals surface area contributed by atoms with E-state index in [0.717, 1.165) is 17.7 Å². The molecule has 3 aromatic rings. The number of benzene rings is 2. The first-order valence-corrected chi connectivity index (χ1v) is 9.59. The lowest BCUT2D eigenvalue weighted by molar-refractivity contribution is -0.137. The van der Waals surface area contributed by atoms with Crippen LogP contribution in [0, 0.1) is 5.82 Å². The van der Waals surface area contributed by atoms with Gasteiger partial charge in [0.2, 0.25) is 0 Å². The molecule has 2 aromatic carbocycles. The number of nitrogens with zero attached hydrogens (tertiary/aromatic N) is 2. The number of methoxy groups -OCH3 is 1. The summed E-state index contributed by atoms with van der Waals surface area (Å²) in [5.74, 6) is -0.0310. The lowest BCUT2D eigenvalue weighted by Gasteiger charge is -2.27. The van der Waals surface area contributed by atoms with E-state index in [9.17, 15) is 22.4 Å². The van der Waals surface area contributed by atoms with Crippen LogP contribution >= 0.6 is 0 Å². The van der Waals surface area contributed by atoms with Gasteiger partial charge in [0, 0.05) is 31.6 Å². The van der Waals surface area contributed by atoms with Crippen LogP contribution in [0.2, 0.25) is 0 Å². The van der Waals surface area contributed by atoms with Crippen molar-refractivity contribution in [3.63, 3.8) is 0 Å². The van der Waals surface area contributed by atoms with Crippen LogP contribution in [0.3, 0.4) is 0 Å². The Balaban J connectivity index is 1.54. The number of aromatic nitrogens is 2. The summed E-state index contributed by atoms with van der Waals surface area (Å²) >= 11 is 0. The molecule has 1 N–H and O–H groups in total. The number of H-pyrrole nitrogens is 1. The molecule has 0 saturated heterocycles. The zero-order chi connectivity index (χ0) is 22.2. The highest BCUT2D eigenvalue weighted by Gasteiger charge is 2.30. The Bertz CT molecular complexity index is 1160. The van der Waals surface area contributed by atoms with Crippen LogP contribution in [-0.2, 0) is 25.7 Å². The van der Waals surface area contributed by atoms with E-state index in [0.29, 0.717) is 42.9 Å². The van der Waals surface area contributed by atoms with Gasteiger partial charge in [-0.25, -0.2) is 9.37 Å². The summed E-state index contributed by atoms with van der Waals surface area (Å²) in [7, 11) is 1.40. The van der Waals surface area contributed by atoms with Crippen molar-refractivity contribution in [2.45, 2.75) is 25.7 Å². The average molecular weight is 433 g/mol. The minimum Gasteiger partial charge on any atom is -0.494 e. The largest absolute Gasteiger partial charge is 0.494 e. The molecule has 4 rings (SSSR count). The summed E-state index contributed by atoms with van der Waals surface area (Å²) in [6, 6.07) is 9.16. The molecule has 0 radical (unpaired) electrons. The van der Waals surface area contributed by atoms with Crippen LogP contribution in [0.25, 0.3) is 11.4 Å². The van der Waals surface area contributed by atoms with Crippen molar-refractivity contribution in [3.8, 4) is 17.1 Å². The number of halogens is 4. The molecule has 1 aliphatic rings. The molecule has 1 aliphatic heterocycles. The maximum absolute atomic E-state index is 13.6. The zero-order valence-electron chi connectivity index (χ0n) is 16.6. The molecule has 0 saturated carbocycles. The molecular formula is C22H19F4N3O2. The molecule has 31 heavy (non-hydrogen) atoms. The third-order valence-electron chi connectivity index (χ3n) is 5.26. The first kappa shape index (κ1) is 21.0. The topological polar surface area (TPSA) is 58.2 Å². The third kappa shape index (κ3) is 4.46. The molecule has 0 amide bonds. The summed E-state index contributed by atoms with van der Waals surface area (Å²) in [5.41, 5.74) is 1.34. The van der Waals surface area contributed by atoms with Crippen LogP contribution in [-0.4, -0.2) is 28.5 Å². The highest BCUT2D eigenvalue weighted by molar-refractivity contribution is 5.56. The Morgan fingerprint density at radius 1 is 1.16 bits per heavy atom. The first-order valence-electron chi connectivity index (χ1n) is 9.59. The van der Waals surface area contributed by atoms with E-state index in [1.807, 2.05) is 4.90 Å². The van der Waals surface area contributed by atoms with E-state index in [4.69, 9.17) is 4.74 Å². The summed E-state index contributed by atoms with van der Waals surface area (Å²) < 4.78 is 56.9. The fourth-order valence-electron chi connectivity index (χ4n) is 3.63. The highest BCUT2D eigenvalue weighted by Crippen LogP contribution is 2.30. The number of hydrogen-bond acceptors (Lipinski definition) is 4. The second-order valence-electron chi connectivity index (χ2n) is 7.34. The number of alkyl halides is 3. The van der Waals surface area contributed by atoms with Gasteiger partial charge >= 0.3 is 6.18 Å². The monoisotopic (exact) mass is 433 g/mol. The van der Waals surface area contributed by atoms with Crippen LogP contribution < -0.4 is 10.3 Å². The fraction of sp³-hybridized carbons (Fsp3) is 0.273. The number of hydrogen-bond donors (Lipinski definition) is 1. The second kappa shape index (κ2) is 8.14. The molecule has 9 heteroatoms. The standard InChI is InChI=1S/C22H19F4N3O2/c1-31-19-10-13(2-7-17(19)23)11-29-9-8-18-16(12-29)21(30)28-20(27-18)14-3-5-15(6-4-14)22(24,25)26/h2-7,10H,8-9,11-12H2,1H3,(H,27,28,30). The molecule has 2 heterocycles. The predicted octanol–water partition coefficient (Wildman–Crippen LogP) is 4.16. The first-order chi connectivity index (χ1) is 14.7. The normalized spacial score (nSPS) is 14.4. The molecule has 0 aliphatic carbocycles. The van der Waals surface area contributed by atoms with Gasteiger partial charge < -0.3 is 9.72 Å². The number of fused-ring (bicyclic) bond motifs is 1. The number of ether oxygens (including phenoxy) is 1. The Kier molecular flexibility index (Phi) is 5.53. The molecule has 0 atom stereocenters. The maximum atomic E-state index is 13.6. The van der Waals surface area contributed by atoms with Crippen molar-refractivity contribution in [1.29, 1.82) is 0 Å². The van der Waals surface area contributed by atoms with Crippen LogP contribution in [0.4, 0.5) is 17.6 Å². The molecule has 0 bridgehead atoms. The van der Waals surface area contributed by atoms with E-state index in [1.165, 1.54) is 25.3 Å². The molecular weight excluding hydrogens is 414 g/mol. The van der Waals surface area contributed by atoms with E-state index in [-0.39, 0.29) is 17.1 Å². The molecule has 5 nitrogen and oxygen atoms in total. The van der Waals surface area contributed by atoms with Crippen LogP contribution in [0.5, 0.6) is 5.75 Å². The van der Waals surface area contributed by atoms with Crippen molar-refractivity contribution >= 4 is 0 Å². The Hall–Kier alpha value is -3.20. The van der Waals surface area contributed by atoms with Crippen LogP contribution in [0.15, 0.2) is 47.3 Å². The smallest absolute Gasteiger partial charge is 0.416 e. The third-order valence-corrected chi connectivity index (χ3v) is 5.26. The lowest BCUT2D eigenvalue weighted by Crippen LogP contribution is -2.35. The molecule has 162 valence electrons. The van der Waals surface area contributed by atoms with Gasteiger partial charge in [0.1, 0.15) is 5.82 Å². The minimum atomic E-state index is -4.42. The summed E-state index contributed by atoms with van der Waals surface area (Å²) in [4.78, 5) is 21.9. The Labute approximate surface area is 175 Å². The number of nitrogens with one attached hydrogen (secondary N) is 1. The van der Waals surface area contributed by atoms with Gasteiger partial charge in [-0.2, -0.15) is 13.2 Å². The van der Waals surface area contributed by atoms with Gasteiger partial charge in [-0.1, -0.05) is 18.2 Å². The summed E-state index contributed by atoms with van der Waals surface area (Å²) in [6.45, 7) is 1.51. The predicted molar refractivity (Wildman–Crippen MR) is 106 cm³/mol. The van der Waals surface area contributed by atoms with Gasteiger partial charge in [-0.3, -0.25) is 9.69 Å². The van der Waals surface area contributed by atoms with Crippen molar-refractivity contribution in [3.05, 3.63) is 81.0 Å². The molecule has 0 fully saturated rings. The van der Waals surface area contributed by atoms with Gasteiger partial charge in [-0.15, -0.1) is 0 Å². The quantitative estimate of drug-likeness (QED) is 0.628. The van der Waals surface area contributed by atoms with Crippen molar-refractivity contribution in [2.75, 3.05) is 13.7 Å². The van der Waals surface area contributed by atoms with E-state index < -0.39 is 17.6 Å². The highest BCUT2D eigenvalue weighted by atomic mass is 19.4. The molecule has 1 aromatic heterocycles. The van der Waals surface area contributed by atoms with Gasteiger partial charge in [0.25, 0.3) is 5.56 Å². The van der Waals surface area contributed by atoms with Gasteiger partial charge in [-0.05, 0) is 29.8 Å². The van der Waals surface area contributed by atoms with Crippen molar-refractivity contribution in [2.24, 2.45) is 0 Å². The second-order valence-corrected chi connectivity index (χ2v) is 7.34. The average Bonchev–Trinajstić information content (AvgIpc) is 2.75. The summed E-state index contributed by atoms with van der Waals surface area (Å²) in [5, 5.41) is 0. The number of rotatable bonds is 4. The zero-order valence-corrected chi connectivity index (χ0v) is 16.6. The lowest BCUT2D eigenvalue weighted by atomic mass is 10.0. The van der Waals surface area contributed by atoms with Gasteiger partial charge in [0.15, 0.2) is 11.6 Å². The van der Waals surface area contributed by atoms with Gasteiger partial charge in [0.05, 0.1) is 23.9 Å². The maximum Gasteiger partial charge on any atom is 0.416 e. The van der Waals surface area contributed by atoms with Crippen LogP contribution in [0.1, 0.15) is 22.4 Å². The van der Waals surface area contributed by atoms with E-state index in [2.05, 4.69) is 9.97 Å². The van der Waals surface area contributed by atoms with E-state index in [1.54, 1.807) is 12.1 Å². The molecule has 0 unspecified atom stereocenters. The van der Waals surface area contributed by atoms with E-state index >= 15 is 0 Å². The van der Waals surface area contributed by atoms with Crippen molar-refractivity contribution in [1.82, 2.24) is 14.9 Å². The Morgan fingerprint density at radius 3 is 2.58 bits per heavy atom. The SMILES string of the molecule is COc1cc(CN2CCc3nc(-c4ccc(C(F)(F)F)cc4)[nH]c(=O)c3C2)ccc1F. The summed E-state index contributed by atoms with van der Waals surface area (Å²) in [6.07, 6.45) is -3.90. The Morgan fingerprint density at radius 2 is 1.90 bits per heavy atom. The fourth-order valence-corrected chi connectivity index (χ4v) is 3.63. The van der Waals surface area contributed by atoms with Crippen molar-refractivity contribution < 1.29 is 22.3 Å². The molecule has 0 spiro atoms. The number of aromatic amines is 1. The minimum absolute atomic E-state index is 0.163.